The summed E-state index contributed by atoms with van der Waals surface area (Å²) in [6.45, 7) is 10.4. The quantitative estimate of drug-likeness (QED) is 0.825. The summed E-state index contributed by atoms with van der Waals surface area (Å²) in [7, 11) is 1.74. The molecule has 16 heavy (non-hydrogen) atoms. The molecule has 0 fully saturated rings. The molecule has 0 spiro atoms. The summed E-state index contributed by atoms with van der Waals surface area (Å²) in [4.78, 5) is 0. The number of aryl methyl sites for hydroxylation is 3. The van der Waals surface area contributed by atoms with Gasteiger partial charge < -0.3 is 10.1 Å². The maximum Gasteiger partial charge on any atom is 0.0667 e. The fourth-order valence-electron chi connectivity index (χ4n) is 1.97. The Balaban J connectivity index is 2.60. The van der Waals surface area contributed by atoms with Gasteiger partial charge in [0.15, 0.2) is 0 Å². The van der Waals surface area contributed by atoms with E-state index in [1.54, 1.807) is 7.11 Å². The van der Waals surface area contributed by atoms with Crippen LogP contribution in [0.15, 0.2) is 12.1 Å². The molecule has 0 bridgehead atoms. The van der Waals surface area contributed by atoms with Crippen LogP contribution < -0.4 is 5.32 Å². The van der Waals surface area contributed by atoms with Crippen molar-refractivity contribution in [3.63, 3.8) is 0 Å². The summed E-state index contributed by atoms with van der Waals surface area (Å²) in [5.41, 5.74) is 5.49. The second-order valence-electron chi connectivity index (χ2n) is 4.55. The Morgan fingerprint density at radius 3 is 2.25 bits per heavy atom. The van der Waals surface area contributed by atoms with Gasteiger partial charge in [-0.15, -0.1) is 0 Å². The molecule has 1 aromatic carbocycles. The van der Waals surface area contributed by atoms with Crippen molar-refractivity contribution in [1.29, 1.82) is 0 Å². The van der Waals surface area contributed by atoms with Crippen molar-refractivity contribution >= 4 is 0 Å². The van der Waals surface area contributed by atoms with Crippen LogP contribution in [-0.4, -0.2) is 19.8 Å². The number of methoxy groups -OCH3 is 1. The van der Waals surface area contributed by atoms with Gasteiger partial charge >= 0.3 is 0 Å². The predicted molar refractivity (Wildman–Crippen MR) is 68.8 cm³/mol. The smallest absolute Gasteiger partial charge is 0.0667 e. The molecule has 0 saturated heterocycles. The van der Waals surface area contributed by atoms with E-state index in [2.05, 4.69) is 45.1 Å². The van der Waals surface area contributed by atoms with Gasteiger partial charge in [0.25, 0.3) is 0 Å². The SMILES string of the molecule is COC(C)CNCc1c(C)cc(C)cc1C. The van der Waals surface area contributed by atoms with Crippen LogP contribution in [0.1, 0.15) is 29.2 Å². The van der Waals surface area contributed by atoms with Crippen molar-refractivity contribution in [3.8, 4) is 0 Å². The second-order valence-corrected chi connectivity index (χ2v) is 4.55. The van der Waals surface area contributed by atoms with E-state index in [9.17, 15) is 0 Å². The van der Waals surface area contributed by atoms with E-state index in [-0.39, 0.29) is 6.10 Å². The lowest BCUT2D eigenvalue weighted by Crippen LogP contribution is -2.26. The number of ether oxygens (including phenoxy) is 1. The van der Waals surface area contributed by atoms with Crippen molar-refractivity contribution in [2.24, 2.45) is 0 Å². The minimum absolute atomic E-state index is 0.270. The largest absolute Gasteiger partial charge is 0.380 e. The number of hydrogen-bond acceptors (Lipinski definition) is 2. The Labute approximate surface area is 99.0 Å². The van der Waals surface area contributed by atoms with Crippen LogP contribution in [0.5, 0.6) is 0 Å². The number of nitrogens with one attached hydrogen (secondary N) is 1. The molecule has 0 saturated carbocycles. The van der Waals surface area contributed by atoms with Gasteiger partial charge in [-0.05, 0) is 44.4 Å². The maximum absolute atomic E-state index is 5.21. The lowest BCUT2D eigenvalue weighted by atomic mass is 10.00. The van der Waals surface area contributed by atoms with Gasteiger partial charge in [-0.1, -0.05) is 17.7 Å². The lowest BCUT2D eigenvalue weighted by Gasteiger charge is -2.14. The number of benzene rings is 1. The van der Waals surface area contributed by atoms with Crippen LogP contribution >= 0.6 is 0 Å². The fraction of sp³-hybridized carbons (Fsp3) is 0.571. The fourth-order valence-corrected chi connectivity index (χ4v) is 1.97. The summed E-state index contributed by atoms with van der Waals surface area (Å²) in [5, 5.41) is 3.43. The third-order valence-electron chi connectivity index (χ3n) is 2.98. The van der Waals surface area contributed by atoms with E-state index in [4.69, 9.17) is 4.74 Å². The van der Waals surface area contributed by atoms with E-state index in [0.717, 1.165) is 13.1 Å². The molecule has 1 atom stereocenters. The molecule has 0 radical (unpaired) electrons. The number of rotatable bonds is 5. The van der Waals surface area contributed by atoms with Crippen LogP contribution in [0.25, 0.3) is 0 Å². The van der Waals surface area contributed by atoms with Gasteiger partial charge in [-0.25, -0.2) is 0 Å². The van der Waals surface area contributed by atoms with Crippen LogP contribution in [-0.2, 0) is 11.3 Å². The van der Waals surface area contributed by atoms with E-state index in [1.807, 2.05) is 0 Å². The molecule has 0 aliphatic rings. The molecule has 1 aromatic rings. The summed E-state index contributed by atoms with van der Waals surface area (Å²) in [5.74, 6) is 0. The summed E-state index contributed by atoms with van der Waals surface area (Å²) in [6, 6.07) is 4.48. The first-order valence-electron chi connectivity index (χ1n) is 5.84. The molecule has 0 aromatic heterocycles. The molecule has 1 unspecified atom stereocenters. The highest BCUT2D eigenvalue weighted by Crippen LogP contribution is 2.15. The highest BCUT2D eigenvalue weighted by atomic mass is 16.5. The molecule has 0 aliphatic carbocycles. The van der Waals surface area contributed by atoms with Crippen molar-refractivity contribution in [1.82, 2.24) is 5.32 Å². The molecule has 1 rings (SSSR count). The topological polar surface area (TPSA) is 21.3 Å². The molecule has 0 amide bonds. The van der Waals surface area contributed by atoms with Gasteiger partial charge in [0.2, 0.25) is 0 Å². The Bertz CT molecular complexity index is 324. The molecular formula is C14H23NO. The zero-order valence-electron chi connectivity index (χ0n) is 11.1. The standard InChI is InChI=1S/C14H23NO/c1-10-6-11(2)14(12(3)7-10)9-15-8-13(4)16-5/h6-7,13,15H,8-9H2,1-5H3. The average molecular weight is 221 g/mol. The van der Waals surface area contributed by atoms with Crippen molar-refractivity contribution in [3.05, 3.63) is 34.4 Å². The Hall–Kier alpha value is -0.860. The first kappa shape index (κ1) is 13.2. The van der Waals surface area contributed by atoms with Crippen LogP contribution in [0, 0.1) is 20.8 Å². The van der Waals surface area contributed by atoms with Crippen LogP contribution in [0.3, 0.4) is 0 Å². The third kappa shape index (κ3) is 3.62. The van der Waals surface area contributed by atoms with Crippen LogP contribution in [0.4, 0.5) is 0 Å². The van der Waals surface area contributed by atoms with Gasteiger partial charge in [0.1, 0.15) is 0 Å². The summed E-state index contributed by atoms with van der Waals surface area (Å²) < 4.78 is 5.21. The van der Waals surface area contributed by atoms with E-state index in [1.165, 1.54) is 22.3 Å². The monoisotopic (exact) mass is 221 g/mol. The normalized spacial score (nSPS) is 12.8. The average Bonchev–Trinajstić information content (AvgIpc) is 2.21. The summed E-state index contributed by atoms with van der Waals surface area (Å²) in [6.07, 6.45) is 0.270. The van der Waals surface area contributed by atoms with E-state index in [0.29, 0.717) is 0 Å². The Morgan fingerprint density at radius 1 is 1.19 bits per heavy atom. The molecule has 2 nitrogen and oxygen atoms in total. The maximum atomic E-state index is 5.21. The van der Waals surface area contributed by atoms with Crippen molar-refractivity contribution < 1.29 is 4.74 Å². The van der Waals surface area contributed by atoms with Crippen LogP contribution in [0.2, 0.25) is 0 Å². The Morgan fingerprint density at radius 2 is 1.75 bits per heavy atom. The van der Waals surface area contributed by atoms with Gasteiger partial charge in [0.05, 0.1) is 6.10 Å². The zero-order chi connectivity index (χ0) is 12.1. The Kier molecular flexibility index (Phi) is 4.97. The molecular weight excluding hydrogens is 198 g/mol. The van der Waals surface area contributed by atoms with E-state index >= 15 is 0 Å². The predicted octanol–water partition coefficient (Wildman–Crippen LogP) is 2.74. The third-order valence-corrected chi connectivity index (χ3v) is 2.98. The molecule has 0 aliphatic heterocycles. The highest BCUT2D eigenvalue weighted by Gasteiger charge is 2.04. The zero-order valence-corrected chi connectivity index (χ0v) is 11.1. The minimum Gasteiger partial charge on any atom is -0.380 e. The van der Waals surface area contributed by atoms with Crippen molar-refractivity contribution in [2.75, 3.05) is 13.7 Å². The minimum atomic E-state index is 0.270. The molecule has 0 heterocycles. The molecule has 90 valence electrons. The molecule has 2 heteroatoms. The summed E-state index contributed by atoms with van der Waals surface area (Å²) >= 11 is 0. The second kappa shape index (κ2) is 6.02. The first-order chi connectivity index (χ1) is 7.54. The first-order valence-corrected chi connectivity index (χ1v) is 5.84. The molecule has 1 N–H and O–H groups in total. The lowest BCUT2D eigenvalue weighted by molar-refractivity contribution is 0.117. The van der Waals surface area contributed by atoms with Gasteiger partial charge in [0, 0.05) is 20.2 Å². The van der Waals surface area contributed by atoms with E-state index < -0.39 is 0 Å². The van der Waals surface area contributed by atoms with Crippen molar-refractivity contribution in [2.45, 2.75) is 40.3 Å². The van der Waals surface area contributed by atoms with Gasteiger partial charge in [-0.3, -0.25) is 0 Å². The number of hydrogen-bond donors (Lipinski definition) is 1. The highest BCUT2D eigenvalue weighted by molar-refractivity contribution is 5.37. The van der Waals surface area contributed by atoms with Gasteiger partial charge in [-0.2, -0.15) is 0 Å².